The van der Waals surface area contributed by atoms with Crippen LogP contribution in [0.1, 0.15) is 0 Å². The molecule has 2 aromatic heterocycles. The standard InChI is InChI=1S/C17H16ClN5S/c18-13-5-1-2-7-15(13)22-9-11-23(12-10-22)17-21-20-16(24-17)14-6-3-4-8-19-14/h1-8H,9-12H2. The van der Waals surface area contributed by atoms with Gasteiger partial charge in [-0.1, -0.05) is 41.1 Å². The quantitative estimate of drug-likeness (QED) is 0.717. The Morgan fingerprint density at radius 2 is 1.62 bits per heavy atom. The van der Waals surface area contributed by atoms with Crippen LogP contribution in [-0.4, -0.2) is 41.4 Å². The average molecular weight is 358 g/mol. The third-order valence-corrected chi connectivity index (χ3v) is 5.37. The Morgan fingerprint density at radius 1 is 0.875 bits per heavy atom. The highest BCUT2D eigenvalue weighted by atomic mass is 35.5. The Labute approximate surface area is 149 Å². The van der Waals surface area contributed by atoms with Crippen molar-refractivity contribution in [1.82, 2.24) is 15.2 Å². The van der Waals surface area contributed by atoms with Crippen LogP contribution in [0.25, 0.3) is 10.7 Å². The molecule has 3 heterocycles. The van der Waals surface area contributed by atoms with Crippen molar-refractivity contribution >= 4 is 33.8 Å². The maximum absolute atomic E-state index is 6.30. The van der Waals surface area contributed by atoms with Crippen molar-refractivity contribution in [3.8, 4) is 10.7 Å². The normalized spacial score (nSPS) is 14.9. The highest BCUT2D eigenvalue weighted by Crippen LogP contribution is 2.30. The predicted molar refractivity (Wildman–Crippen MR) is 99.0 cm³/mol. The van der Waals surface area contributed by atoms with Crippen molar-refractivity contribution in [3.63, 3.8) is 0 Å². The second-order valence-electron chi connectivity index (χ2n) is 5.53. The molecule has 0 unspecified atom stereocenters. The van der Waals surface area contributed by atoms with Gasteiger partial charge in [-0.3, -0.25) is 4.98 Å². The van der Waals surface area contributed by atoms with Gasteiger partial charge in [-0.15, -0.1) is 10.2 Å². The SMILES string of the molecule is Clc1ccccc1N1CCN(c2nnc(-c3ccccn3)s2)CC1. The molecule has 4 rings (SSSR count). The molecule has 0 N–H and O–H groups in total. The topological polar surface area (TPSA) is 45.2 Å². The Bertz CT molecular complexity index is 815. The summed E-state index contributed by atoms with van der Waals surface area (Å²) in [4.78, 5) is 8.93. The number of aromatic nitrogens is 3. The molecule has 0 atom stereocenters. The number of para-hydroxylation sites is 1. The summed E-state index contributed by atoms with van der Waals surface area (Å²) in [5.74, 6) is 0. The number of hydrogen-bond donors (Lipinski definition) is 0. The van der Waals surface area contributed by atoms with E-state index in [0.717, 1.165) is 52.7 Å². The molecule has 0 radical (unpaired) electrons. The van der Waals surface area contributed by atoms with Gasteiger partial charge < -0.3 is 9.80 Å². The fourth-order valence-electron chi connectivity index (χ4n) is 2.78. The summed E-state index contributed by atoms with van der Waals surface area (Å²) in [6.45, 7) is 3.65. The Kier molecular flexibility index (Phi) is 4.32. The van der Waals surface area contributed by atoms with E-state index in [1.807, 2.05) is 36.4 Å². The molecule has 1 aliphatic rings. The van der Waals surface area contributed by atoms with Crippen LogP contribution < -0.4 is 9.80 Å². The highest BCUT2D eigenvalue weighted by molar-refractivity contribution is 7.18. The largest absolute Gasteiger partial charge is 0.367 e. The molecule has 1 aliphatic heterocycles. The fraction of sp³-hybridized carbons (Fsp3) is 0.235. The fourth-order valence-corrected chi connectivity index (χ4v) is 3.91. The van der Waals surface area contributed by atoms with Gasteiger partial charge in [-0.05, 0) is 24.3 Å². The lowest BCUT2D eigenvalue weighted by atomic mass is 10.2. The first-order valence-electron chi connectivity index (χ1n) is 7.80. The Morgan fingerprint density at radius 3 is 2.38 bits per heavy atom. The third kappa shape index (κ3) is 3.07. The van der Waals surface area contributed by atoms with Crippen molar-refractivity contribution in [2.24, 2.45) is 0 Å². The van der Waals surface area contributed by atoms with Gasteiger partial charge >= 0.3 is 0 Å². The van der Waals surface area contributed by atoms with Crippen molar-refractivity contribution in [1.29, 1.82) is 0 Å². The molecule has 0 aliphatic carbocycles. The monoisotopic (exact) mass is 357 g/mol. The lowest BCUT2D eigenvalue weighted by Gasteiger charge is -2.36. The molecular formula is C17H16ClN5S. The first kappa shape index (κ1) is 15.4. The number of piperazine rings is 1. The summed E-state index contributed by atoms with van der Waals surface area (Å²) in [6, 6.07) is 13.8. The molecule has 1 saturated heterocycles. The van der Waals surface area contributed by atoms with E-state index in [9.17, 15) is 0 Å². The van der Waals surface area contributed by atoms with Crippen molar-refractivity contribution in [3.05, 3.63) is 53.7 Å². The zero-order chi connectivity index (χ0) is 16.4. The lowest BCUT2D eigenvalue weighted by Crippen LogP contribution is -2.46. The minimum absolute atomic E-state index is 0.805. The zero-order valence-corrected chi connectivity index (χ0v) is 14.5. The minimum Gasteiger partial charge on any atom is -0.367 e. The summed E-state index contributed by atoms with van der Waals surface area (Å²) in [5, 5.41) is 11.2. The van der Waals surface area contributed by atoms with Crippen molar-refractivity contribution in [2.45, 2.75) is 0 Å². The molecule has 7 heteroatoms. The van der Waals surface area contributed by atoms with Gasteiger partial charge in [0, 0.05) is 32.4 Å². The smallest absolute Gasteiger partial charge is 0.208 e. The minimum atomic E-state index is 0.805. The third-order valence-electron chi connectivity index (χ3n) is 4.04. The first-order valence-corrected chi connectivity index (χ1v) is 9.00. The van der Waals surface area contributed by atoms with E-state index < -0.39 is 0 Å². The molecule has 0 spiro atoms. The first-order chi connectivity index (χ1) is 11.8. The number of rotatable bonds is 3. The van der Waals surface area contributed by atoms with E-state index >= 15 is 0 Å². The number of nitrogens with zero attached hydrogens (tertiary/aromatic N) is 5. The van der Waals surface area contributed by atoms with E-state index in [-0.39, 0.29) is 0 Å². The molecule has 0 bridgehead atoms. The van der Waals surface area contributed by atoms with E-state index in [0.29, 0.717) is 0 Å². The van der Waals surface area contributed by atoms with Crippen LogP contribution in [0.5, 0.6) is 0 Å². The van der Waals surface area contributed by atoms with Crippen LogP contribution in [-0.2, 0) is 0 Å². The molecule has 0 saturated carbocycles. The van der Waals surface area contributed by atoms with Crippen LogP contribution in [0.2, 0.25) is 5.02 Å². The van der Waals surface area contributed by atoms with Gasteiger partial charge in [0.2, 0.25) is 5.13 Å². The second kappa shape index (κ2) is 6.75. The van der Waals surface area contributed by atoms with Gasteiger partial charge in [0.25, 0.3) is 0 Å². The van der Waals surface area contributed by atoms with Gasteiger partial charge in [0.15, 0.2) is 5.01 Å². The van der Waals surface area contributed by atoms with E-state index in [2.05, 4.69) is 31.0 Å². The molecule has 1 fully saturated rings. The average Bonchev–Trinajstić information content (AvgIpc) is 3.13. The summed E-state index contributed by atoms with van der Waals surface area (Å²) in [7, 11) is 0. The van der Waals surface area contributed by atoms with Crippen LogP contribution in [0.15, 0.2) is 48.7 Å². The number of pyridine rings is 1. The zero-order valence-electron chi connectivity index (χ0n) is 13.0. The van der Waals surface area contributed by atoms with E-state index in [1.165, 1.54) is 0 Å². The molecular weight excluding hydrogens is 342 g/mol. The van der Waals surface area contributed by atoms with E-state index in [1.54, 1.807) is 17.5 Å². The van der Waals surface area contributed by atoms with E-state index in [4.69, 9.17) is 11.6 Å². The van der Waals surface area contributed by atoms with Crippen LogP contribution >= 0.6 is 22.9 Å². The Balaban J connectivity index is 1.45. The molecule has 122 valence electrons. The number of hydrogen-bond acceptors (Lipinski definition) is 6. The molecule has 5 nitrogen and oxygen atoms in total. The summed E-state index contributed by atoms with van der Waals surface area (Å²) in [5.41, 5.74) is 1.97. The number of anilines is 2. The maximum Gasteiger partial charge on any atom is 0.208 e. The van der Waals surface area contributed by atoms with Crippen molar-refractivity contribution < 1.29 is 0 Å². The van der Waals surface area contributed by atoms with Crippen LogP contribution in [0.4, 0.5) is 10.8 Å². The molecule has 1 aromatic carbocycles. The molecule has 3 aromatic rings. The van der Waals surface area contributed by atoms with Gasteiger partial charge in [0.05, 0.1) is 10.7 Å². The maximum atomic E-state index is 6.30. The van der Waals surface area contributed by atoms with Crippen molar-refractivity contribution in [2.75, 3.05) is 36.0 Å². The van der Waals surface area contributed by atoms with Crippen LogP contribution in [0, 0.1) is 0 Å². The number of benzene rings is 1. The predicted octanol–water partition coefficient (Wildman–Crippen LogP) is 3.58. The Hall–Kier alpha value is -2.18. The lowest BCUT2D eigenvalue weighted by molar-refractivity contribution is 0.650. The second-order valence-corrected chi connectivity index (χ2v) is 6.89. The molecule has 24 heavy (non-hydrogen) atoms. The summed E-state index contributed by atoms with van der Waals surface area (Å²) in [6.07, 6.45) is 1.78. The van der Waals surface area contributed by atoms with Gasteiger partial charge in [-0.2, -0.15) is 0 Å². The summed E-state index contributed by atoms with van der Waals surface area (Å²) < 4.78 is 0. The number of halogens is 1. The van der Waals surface area contributed by atoms with Gasteiger partial charge in [-0.25, -0.2) is 0 Å². The molecule has 0 amide bonds. The van der Waals surface area contributed by atoms with Gasteiger partial charge in [0.1, 0.15) is 5.69 Å². The highest BCUT2D eigenvalue weighted by Gasteiger charge is 2.21. The summed E-state index contributed by atoms with van der Waals surface area (Å²) >= 11 is 7.89. The van der Waals surface area contributed by atoms with Crippen LogP contribution in [0.3, 0.4) is 0 Å².